The van der Waals surface area contributed by atoms with Crippen LogP contribution in [0.3, 0.4) is 0 Å². The van der Waals surface area contributed by atoms with Crippen LogP contribution in [0.15, 0.2) is 18.3 Å². The van der Waals surface area contributed by atoms with E-state index in [1.165, 1.54) is 9.08 Å². The Morgan fingerprint density at radius 1 is 1.27 bits per heavy atom. The number of likely N-dealkylation sites (tertiary alicyclic amines) is 1. The standard InChI is InChI=1S/C20H20F3N9O/c1-9-25-12-4-3-11(26-18(12)31(9)8-14(22)23)15-10(21)7-32-16(15)17(24)28-20(29-32)27-13-5-6-30(2)19(13)33/h3-4,7,13-14H,5-6,8H2,1-2H3,(H3,24,27,28,29)/t13-/m1/s1. The summed E-state index contributed by atoms with van der Waals surface area (Å²) in [7, 11) is 1.70. The zero-order valence-corrected chi connectivity index (χ0v) is 17.8. The Kier molecular flexibility index (Phi) is 4.83. The fourth-order valence-electron chi connectivity index (χ4n) is 4.11. The zero-order chi connectivity index (χ0) is 23.4. The first kappa shape index (κ1) is 21.0. The molecule has 10 nitrogen and oxygen atoms in total. The molecule has 0 aliphatic carbocycles. The number of pyridine rings is 1. The molecule has 4 aromatic rings. The van der Waals surface area contributed by atoms with Gasteiger partial charge in [-0.2, -0.15) is 4.98 Å². The lowest BCUT2D eigenvalue weighted by molar-refractivity contribution is -0.127. The van der Waals surface area contributed by atoms with Gasteiger partial charge in [-0.1, -0.05) is 0 Å². The van der Waals surface area contributed by atoms with Gasteiger partial charge in [-0.25, -0.2) is 27.7 Å². The minimum atomic E-state index is -2.60. The van der Waals surface area contributed by atoms with Gasteiger partial charge in [-0.05, 0) is 25.5 Å². The van der Waals surface area contributed by atoms with Crippen LogP contribution >= 0.6 is 0 Å². The maximum atomic E-state index is 15.0. The highest BCUT2D eigenvalue weighted by Crippen LogP contribution is 2.32. The van der Waals surface area contributed by atoms with Gasteiger partial charge in [0.05, 0.1) is 24.0 Å². The smallest absolute Gasteiger partial charge is 0.256 e. The first-order valence-electron chi connectivity index (χ1n) is 10.2. The number of halogens is 3. The number of carbonyl (C=O) groups is 1. The molecule has 1 saturated heterocycles. The van der Waals surface area contributed by atoms with Gasteiger partial charge in [0, 0.05) is 13.6 Å². The SMILES string of the molecule is Cc1nc2ccc(-c3c(F)cn4nc(N[C@@H]5CCN(C)C5=O)nc(N)c34)nc2n1CC(F)F. The lowest BCUT2D eigenvalue weighted by atomic mass is 10.1. The number of carbonyl (C=O) groups excluding carboxylic acids is 1. The van der Waals surface area contributed by atoms with Crippen molar-refractivity contribution in [2.24, 2.45) is 0 Å². The molecule has 5 heterocycles. The molecule has 4 aromatic heterocycles. The minimum absolute atomic E-state index is 0.0237. The topological polar surface area (TPSA) is 119 Å². The second kappa shape index (κ2) is 7.60. The number of alkyl halides is 2. The summed E-state index contributed by atoms with van der Waals surface area (Å²) in [4.78, 5) is 26.6. The average molecular weight is 459 g/mol. The summed E-state index contributed by atoms with van der Waals surface area (Å²) < 4.78 is 43.6. The largest absolute Gasteiger partial charge is 0.382 e. The fraction of sp³-hybridized carbons (Fsp3) is 0.350. The van der Waals surface area contributed by atoms with Gasteiger partial charge in [0.25, 0.3) is 6.43 Å². The summed E-state index contributed by atoms with van der Waals surface area (Å²) in [5, 5.41) is 7.19. The normalized spacial score (nSPS) is 16.6. The number of nitrogen functional groups attached to an aromatic ring is 1. The van der Waals surface area contributed by atoms with Crippen LogP contribution in [0.1, 0.15) is 12.2 Å². The summed E-state index contributed by atoms with van der Waals surface area (Å²) in [5.74, 6) is -0.311. The molecule has 1 amide bonds. The molecule has 13 heteroatoms. The molecule has 0 saturated carbocycles. The van der Waals surface area contributed by atoms with Crippen molar-refractivity contribution in [1.82, 2.24) is 34.0 Å². The van der Waals surface area contributed by atoms with Crippen molar-refractivity contribution >= 4 is 34.4 Å². The maximum absolute atomic E-state index is 15.0. The van der Waals surface area contributed by atoms with Crippen molar-refractivity contribution in [2.75, 3.05) is 24.6 Å². The number of aryl methyl sites for hydroxylation is 1. The van der Waals surface area contributed by atoms with E-state index >= 15 is 4.39 Å². The van der Waals surface area contributed by atoms with E-state index < -0.39 is 24.8 Å². The number of likely N-dealkylation sites (N-methyl/N-ethyl adjacent to an activating group) is 1. The first-order chi connectivity index (χ1) is 15.7. The Bertz CT molecular complexity index is 1400. The summed E-state index contributed by atoms with van der Waals surface area (Å²) in [6, 6.07) is 2.64. The predicted octanol–water partition coefficient (Wildman–Crippen LogP) is 2.08. The Morgan fingerprint density at radius 2 is 2.06 bits per heavy atom. The molecule has 0 bridgehead atoms. The van der Waals surface area contributed by atoms with Crippen molar-refractivity contribution in [2.45, 2.75) is 32.4 Å². The predicted molar refractivity (Wildman–Crippen MR) is 114 cm³/mol. The van der Waals surface area contributed by atoms with Gasteiger partial charge < -0.3 is 20.5 Å². The number of aromatic nitrogens is 6. The molecule has 0 aromatic carbocycles. The molecule has 0 spiro atoms. The lowest BCUT2D eigenvalue weighted by Crippen LogP contribution is -2.31. The van der Waals surface area contributed by atoms with Gasteiger partial charge in [-0.3, -0.25) is 4.79 Å². The summed E-state index contributed by atoms with van der Waals surface area (Å²) in [6.45, 7) is 1.63. The minimum Gasteiger partial charge on any atom is -0.382 e. The highest BCUT2D eigenvalue weighted by Gasteiger charge is 2.30. The van der Waals surface area contributed by atoms with Crippen molar-refractivity contribution in [3.8, 4) is 11.3 Å². The van der Waals surface area contributed by atoms with Gasteiger partial charge >= 0.3 is 0 Å². The third-order valence-electron chi connectivity index (χ3n) is 5.70. The molecular formula is C20H20F3N9O. The number of hydrogen-bond acceptors (Lipinski definition) is 7. The van der Waals surface area contributed by atoms with E-state index in [1.807, 2.05) is 0 Å². The van der Waals surface area contributed by atoms with E-state index in [-0.39, 0.29) is 40.1 Å². The third-order valence-corrected chi connectivity index (χ3v) is 5.70. The van der Waals surface area contributed by atoms with Gasteiger partial charge in [-0.15, -0.1) is 5.10 Å². The van der Waals surface area contributed by atoms with E-state index in [9.17, 15) is 13.6 Å². The Morgan fingerprint density at radius 3 is 2.76 bits per heavy atom. The number of amides is 1. The molecule has 1 fully saturated rings. The Balaban J connectivity index is 1.58. The third kappa shape index (κ3) is 3.49. The van der Waals surface area contributed by atoms with Crippen LogP contribution in [-0.4, -0.2) is 66.0 Å². The lowest BCUT2D eigenvalue weighted by Gasteiger charge is -2.13. The van der Waals surface area contributed by atoms with Crippen LogP contribution in [0.4, 0.5) is 24.9 Å². The highest BCUT2D eigenvalue weighted by molar-refractivity contribution is 5.89. The van der Waals surface area contributed by atoms with Crippen LogP contribution in [0.5, 0.6) is 0 Å². The van der Waals surface area contributed by atoms with Gasteiger partial charge in [0.1, 0.15) is 22.9 Å². The van der Waals surface area contributed by atoms with E-state index in [2.05, 4.69) is 25.4 Å². The van der Waals surface area contributed by atoms with Crippen LogP contribution in [0.25, 0.3) is 27.9 Å². The number of nitrogens with two attached hydrogens (primary N) is 1. The molecule has 33 heavy (non-hydrogen) atoms. The monoisotopic (exact) mass is 459 g/mol. The molecule has 0 unspecified atom stereocenters. The second-order valence-corrected chi connectivity index (χ2v) is 7.91. The molecule has 1 aliphatic rings. The van der Waals surface area contributed by atoms with Crippen molar-refractivity contribution in [3.05, 3.63) is 30.0 Å². The molecule has 1 aliphatic heterocycles. The van der Waals surface area contributed by atoms with Gasteiger partial charge in [0.15, 0.2) is 17.3 Å². The number of imidazole rings is 1. The zero-order valence-electron chi connectivity index (χ0n) is 17.8. The number of anilines is 2. The number of rotatable bonds is 5. The molecule has 1 atom stereocenters. The molecule has 3 N–H and O–H groups in total. The number of hydrogen-bond donors (Lipinski definition) is 2. The van der Waals surface area contributed by atoms with Crippen LogP contribution < -0.4 is 11.1 Å². The van der Waals surface area contributed by atoms with E-state index in [4.69, 9.17) is 5.73 Å². The average Bonchev–Trinajstić information content (AvgIpc) is 3.36. The Hall–Kier alpha value is -3.90. The Labute approximate surface area is 185 Å². The summed E-state index contributed by atoms with van der Waals surface area (Å²) >= 11 is 0. The number of nitrogens with zero attached hydrogens (tertiary/aromatic N) is 7. The van der Waals surface area contributed by atoms with Crippen LogP contribution in [0.2, 0.25) is 0 Å². The summed E-state index contributed by atoms with van der Waals surface area (Å²) in [6.07, 6.45) is -0.887. The maximum Gasteiger partial charge on any atom is 0.256 e. The molecular weight excluding hydrogens is 439 g/mol. The highest BCUT2D eigenvalue weighted by atomic mass is 19.3. The number of fused-ring (bicyclic) bond motifs is 2. The van der Waals surface area contributed by atoms with Gasteiger partial charge in [0.2, 0.25) is 11.9 Å². The van der Waals surface area contributed by atoms with E-state index in [0.717, 1.165) is 6.20 Å². The van der Waals surface area contributed by atoms with E-state index in [1.54, 1.807) is 31.0 Å². The molecule has 0 radical (unpaired) electrons. The fourth-order valence-corrected chi connectivity index (χ4v) is 4.11. The van der Waals surface area contributed by atoms with E-state index in [0.29, 0.717) is 24.3 Å². The number of nitrogens with one attached hydrogen (secondary N) is 1. The summed E-state index contributed by atoms with van der Waals surface area (Å²) in [5.41, 5.74) is 7.17. The second-order valence-electron chi connectivity index (χ2n) is 7.91. The van der Waals surface area contributed by atoms with Crippen LogP contribution in [0, 0.1) is 12.7 Å². The molecule has 172 valence electrons. The molecule has 5 rings (SSSR count). The quantitative estimate of drug-likeness (QED) is 0.469. The first-order valence-corrected chi connectivity index (χ1v) is 10.2. The van der Waals surface area contributed by atoms with Crippen molar-refractivity contribution in [1.29, 1.82) is 0 Å². The van der Waals surface area contributed by atoms with Crippen LogP contribution in [-0.2, 0) is 11.3 Å². The van der Waals surface area contributed by atoms with Crippen molar-refractivity contribution in [3.63, 3.8) is 0 Å². The van der Waals surface area contributed by atoms with Crippen molar-refractivity contribution < 1.29 is 18.0 Å².